The van der Waals surface area contributed by atoms with Crippen LogP contribution in [0.3, 0.4) is 0 Å². The first-order chi connectivity index (χ1) is 7.16. The van der Waals surface area contributed by atoms with Crippen LogP contribution < -0.4 is 0 Å². The maximum Gasteiger partial charge on any atom is 0.148 e. The molecule has 0 aliphatic heterocycles. The van der Waals surface area contributed by atoms with E-state index in [1.165, 1.54) is 12.8 Å². The molecule has 6 nitrogen and oxygen atoms in total. The largest absolute Gasteiger partial charge is 0.390 e. The molecule has 1 saturated carbocycles. The highest BCUT2D eigenvalue weighted by Crippen LogP contribution is 2.25. The Morgan fingerprint density at radius 1 is 1.60 bits per heavy atom. The van der Waals surface area contributed by atoms with Gasteiger partial charge in [-0.1, -0.05) is 0 Å². The predicted molar refractivity (Wildman–Crippen MR) is 54.2 cm³/mol. The SMILES string of the molecule is Cc1nnnn1CC(O)CN(C)C1CC1. The Bertz CT molecular complexity index is 322. The minimum Gasteiger partial charge on any atom is -0.390 e. The van der Waals surface area contributed by atoms with Gasteiger partial charge in [-0.25, -0.2) is 4.68 Å². The summed E-state index contributed by atoms with van der Waals surface area (Å²) in [5, 5.41) is 20.9. The Morgan fingerprint density at radius 3 is 2.87 bits per heavy atom. The molecule has 0 bridgehead atoms. The quantitative estimate of drug-likeness (QED) is 0.707. The third-order valence-electron chi connectivity index (χ3n) is 2.76. The Kier molecular flexibility index (Phi) is 2.97. The third kappa shape index (κ3) is 2.73. The monoisotopic (exact) mass is 211 g/mol. The fraction of sp³-hybridized carbons (Fsp3) is 0.889. The molecule has 6 heteroatoms. The van der Waals surface area contributed by atoms with E-state index < -0.39 is 6.10 Å². The molecule has 1 aromatic heterocycles. The number of aliphatic hydroxyl groups excluding tert-OH is 1. The lowest BCUT2D eigenvalue weighted by atomic mass is 10.3. The van der Waals surface area contributed by atoms with E-state index in [0.29, 0.717) is 19.1 Å². The summed E-state index contributed by atoms with van der Waals surface area (Å²) in [6, 6.07) is 0.676. The van der Waals surface area contributed by atoms with Gasteiger partial charge in [0.2, 0.25) is 0 Å². The van der Waals surface area contributed by atoms with Crippen molar-refractivity contribution in [1.29, 1.82) is 0 Å². The highest BCUT2D eigenvalue weighted by Gasteiger charge is 2.27. The fourth-order valence-corrected chi connectivity index (χ4v) is 1.67. The first-order valence-electron chi connectivity index (χ1n) is 5.28. The highest BCUT2D eigenvalue weighted by atomic mass is 16.3. The predicted octanol–water partition coefficient (Wildman–Crippen LogP) is -0.563. The first kappa shape index (κ1) is 10.5. The number of hydrogen-bond donors (Lipinski definition) is 1. The van der Waals surface area contributed by atoms with E-state index in [1.807, 2.05) is 14.0 Å². The van der Waals surface area contributed by atoms with Gasteiger partial charge in [-0.2, -0.15) is 0 Å². The van der Waals surface area contributed by atoms with Crippen molar-refractivity contribution in [1.82, 2.24) is 25.1 Å². The van der Waals surface area contributed by atoms with Gasteiger partial charge in [0.05, 0.1) is 12.6 Å². The van der Waals surface area contributed by atoms with Crippen LogP contribution in [0, 0.1) is 6.92 Å². The molecule has 1 fully saturated rings. The zero-order chi connectivity index (χ0) is 10.8. The molecule has 2 rings (SSSR count). The van der Waals surface area contributed by atoms with Gasteiger partial charge in [0.15, 0.2) is 0 Å². The molecule has 84 valence electrons. The highest BCUT2D eigenvalue weighted by molar-refractivity contribution is 4.84. The van der Waals surface area contributed by atoms with E-state index >= 15 is 0 Å². The summed E-state index contributed by atoms with van der Waals surface area (Å²) in [7, 11) is 2.05. The zero-order valence-electron chi connectivity index (χ0n) is 9.17. The maximum atomic E-state index is 9.83. The van der Waals surface area contributed by atoms with Crippen molar-refractivity contribution in [2.75, 3.05) is 13.6 Å². The van der Waals surface area contributed by atoms with Crippen LogP contribution in [0.15, 0.2) is 0 Å². The summed E-state index contributed by atoms with van der Waals surface area (Å²) in [5.41, 5.74) is 0. The van der Waals surface area contributed by atoms with Gasteiger partial charge in [0.1, 0.15) is 5.82 Å². The summed E-state index contributed by atoms with van der Waals surface area (Å²) in [5.74, 6) is 0.739. The summed E-state index contributed by atoms with van der Waals surface area (Å²) in [6.45, 7) is 2.98. The molecule has 1 N–H and O–H groups in total. The van der Waals surface area contributed by atoms with Gasteiger partial charge < -0.3 is 10.0 Å². The smallest absolute Gasteiger partial charge is 0.148 e. The second-order valence-electron chi connectivity index (χ2n) is 4.23. The molecule has 1 heterocycles. The standard InChI is InChI=1S/C9H17N5O/c1-7-10-11-12-14(7)6-9(15)5-13(2)8-3-4-8/h8-9,15H,3-6H2,1-2H3. The van der Waals surface area contributed by atoms with E-state index in [2.05, 4.69) is 20.4 Å². The number of tetrazole rings is 1. The summed E-state index contributed by atoms with van der Waals surface area (Å²) >= 11 is 0. The second-order valence-corrected chi connectivity index (χ2v) is 4.23. The topological polar surface area (TPSA) is 67.1 Å². The number of nitrogens with zero attached hydrogens (tertiary/aromatic N) is 5. The molecule has 1 unspecified atom stereocenters. The zero-order valence-corrected chi connectivity index (χ0v) is 9.17. The lowest BCUT2D eigenvalue weighted by Crippen LogP contribution is -2.33. The van der Waals surface area contributed by atoms with E-state index in [0.717, 1.165) is 5.82 Å². The van der Waals surface area contributed by atoms with Crippen molar-refractivity contribution in [3.63, 3.8) is 0 Å². The van der Waals surface area contributed by atoms with Gasteiger partial charge >= 0.3 is 0 Å². The molecular formula is C9H17N5O. The van der Waals surface area contributed by atoms with Gasteiger partial charge in [-0.15, -0.1) is 5.10 Å². The molecular weight excluding hydrogens is 194 g/mol. The van der Waals surface area contributed by atoms with Crippen molar-refractivity contribution < 1.29 is 5.11 Å². The average Bonchev–Trinajstić information content (AvgIpc) is 2.94. The van der Waals surface area contributed by atoms with Crippen molar-refractivity contribution in [3.8, 4) is 0 Å². The van der Waals surface area contributed by atoms with E-state index in [1.54, 1.807) is 4.68 Å². The molecule has 0 spiro atoms. The van der Waals surface area contributed by atoms with Crippen LogP contribution in [-0.4, -0.2) is 56.0 Å². The Morgan fingerprint density at radius 2 is 2.33 bits per heavy atom. The number of hydrogen-bond acceptors (Lipinski definition) is 5. The molecule has 0 radical (unpaired) electrons. The van der Waals surface area contributed by atoms with Crippen molar-refractivity contribution in [2.24, 2.45) is 0 Å². The first-order valence-corrected chi connectivity index (χ1v) is 5.28. The number of aliphatic hydroxyl groups is 1. The van der Waals surface area contributed by atoms with Gasteiger partial charge in [-0.05, 0) is 37.2 Å². The molecule has 15 heavy (non-hydrogen) atoms. The molecule has 0 saturated heterocycles. The second kappa shape index (κ2) is 4.24. The fourth-order valence-electron chi connectivity index (χ4n) is 1.67. The van der Waals surface area contributed by atoms with Crippen molar-refractivity contribution >= 4 is 0 Å². The number of rotatable bonds is 5. The minimum absolute atomic E-state index is 0.405. The summed E-state index contributed by atoms with van der Waals surface area (Å²) in [4.78, 5) is 2.20. The number of aryl methyl sites for hydroxylation is 1. The van der Waals surface area contributed by atoms with Crippen LogP contribution in [0.2, 0.25) is 0 Å². The van der Waals surface area contributed by atoms with Gasteiger partial charge in [0, 0.05) is 12.6 Å². The molecule has 1 aliphatic rings. The lowest BCUT2D eigenvalue weighted by molar-refractivity contribution is 0.102. The van der Waals surface area contributed by atoms with Crippen molar-refractivity contribution in [3.05, 3.63) is 5.82 Å². The summed E-state index contributed by atoms with van der Waals surface area (Å²) in [6.07, 6.45) is 2.11. The van der Waals surface area contributed by atoms with E-state index in [4.69, 9.17) is 0 Å². The van der Waals surface area contributed by atoms with Crippen LogP contribution >= 0.6 is 0 Å². The lowest BCUT2D eigenvalue weighted by Gasteiger charge is -2.19. The van der Waals surface area contributed by atoms with Crippen LogP contribution in [0.5, 0.6) is 0 Å². The average molecular weight is 211 g/mol. The van der Waals surface area contributed by atoms with Crippen molar-refractivity contribution in [2.45, 2.75) is 38.5 Å². The third-order valence-corrected chi connectivity index (χ3v) is 2.76. The van der Waals surface area contributed by atoms with Crippen LogP contribution in [0.4, 0.5) is 0 Å². The van der Waals surface area contributed by atoms with Gasteiger partial charge in [0.25, 0.3) is 0 Å². The maximum absolute atomic E-state index is 9.83. The number of likely N-dealkylation sites (N-methyl/N-ethyl adjacent to an activating group) is 1. The van der Waals surface area contributed by atoms with Gasteiger partial charge in [-0.3, -0.25) is 0 Å². The molecule has 1 atom stereocenters. The Labute approximate surface area is 88.9 Å². The Hall–Kier alpha value is -1.01. The molecule has 1 aromatic rings. The van der Waals surface area contributed by atoms with E-state index in [-0.39, 0.29) is 0 Å². The molecule has 0 aromatic carbocycles. The molecule has 1 aliphatic carbocycles. The minimum atomic E-state index is -0.405. The van der Waals surface area contributed by atoms with E-state index in [9.17, 15) is 5.11 Å². The Balaban J connectivity index is 1.81. The van der Waals surface area contributed by atoms with Crippen LogP contribution in [0.1, 0.15) is 18.7 Å². The summed E-state index contributed by atoms with van der Waals surface area (Å²) < 4.78 is 1.63. The normalized spacial score (nSPS) is 18.4. The van der Waals surface area contributed by atoms with Crippen LogP contribution in [-0.2, 0) is 6.54 Å². The molecule has 0 amide bonds. The number of aromatic nitrogens is 4. The van der Waals surface area contributed by atoms with Crippen LogP contribution in [0.25, 0.3) is 0 Å².